The van der Waals surface area contributed by atoms with Gasteiger partial charge in [0.05, 0.1) is 18.5 Å². The second kappa shape index (κ2) is 6.34. The van der Waals surface area contributed by atoms with E-state index in [2.05, 4.69) is 15.5 Å². The number of thiazole rings is 1. The average Bonchev–Trinajstić information content (AvgIpc) is 3.08. The molecule has 1 N–H and O–H groups in total. The third-order valence-corrected chi connectivity index (χ3v) is 5.69. The van der Waals surface area contributed by atoms with Gasteiger partial charge in [0.25, 0.3) is 5.91 Å². The fourth-order valence-corrected chi connectivity index (χ4v) is 4.07. The highest BCUT2D eigenvalue weighted by Crippen LogP contribution is 2.33. The maximum atomic E-state index is 12.8. The number of rotatable bonds is 4. The molecule has 0 spiro atoms. The fraction of sp³-hybridized carbons (Fsp3) is 0.333. The minimum Gasteiger partial charge on any atom is -0.461 e. The second-order valence-corrected chi connectivity index (χ2v) is 7.77. The van der Waals surface area contributed by atoms with E-state index in [-0.39, 0.29) is 23.4 Å². The lowest BCUT2D eigenvalue weighted by Gasteiger charge is -2.25. The van der Waals surface area contributed by atoms with Crippen LogP contribution in [0.4, 0.5) is 5.13 Å². The lowest BCUT2D eigenvalue weighted by molar-refractivity contribution is -0.117. The van der Waals surface area contributed by atoms with E-state index in [1.165, 1.54) is 17.6 Å². The van der Waals surface area contributed by atoms with Crippen LogP contribution >= 0.6 is 11.3 Å². The smallest absolute Gasteiger partial charge is 0.276 e. The molecule has 138 valence electrons. The van der Waals surface area contributed by atoms with Crippen molar-refractivity contribution < 1.29 is 18.5 Å². The van der Waals surface area contributed by atoms with Crippen molar-refractivity contribution in [3.63, 3.8) is 0 Å². The first-order valence-electron chi connectivity index (χ1n) is 8.76. The molecule has 0 unspecified atom stereocenters. The highest BCUT2D eigenvalue weighted by molar-refractivity contribution is 7.15. The van der Waals surface area contributed by atoms with Crippen molar-refractivity contribution in [1.29, 1.82) is 0 Å². The van der Waals surface area contributed by atoms with E-state index in [9.17, 15) is 9.59 Å². The Morgan fingerprint density at radius 2 is 2.19 bits per heavy atom. The number of hydrogen-bond acceptors (Lipinski definition) is 7. The molecule has 3 aromatic heterocycles. The SMILES string of the molecule is O=C(Nc1nc2c(s1)CN(C(=O)c1cc(-c3ccco3)on1)CC2)C1CC1. The summed E-state index contributed by atoms with van der Waals surface area (Å²) in [5.41, 5.74) is 1.20. The summed E-state index contributed by atoms with van der Waals surface area (Å²) in [6, 6.07) is 5.08. The third-order valence-electron chi connectivity index (χ3n) is 4.69. The lowest BCUT2D eigenvalue weighted by Crippen LogP contribution is -2.35. The molecule has 1 fully saturated rings. The van der Waals surface area contributed by atoms with Gasteiger partial charge in [-0.25, -0.2) is 4.98 Å². The molecule has 0 bridgehead atoms. The van der Waals surface area contributed by atoms with Gasteiger partial charge in [0, 0.05) is 29.8 Å². The molecule has 0 radical (unpaired) electrons. The summed E-state index contributed by atoms with van der Waals surface area (Å²) in [7, 11) is 0. The minimum absolute atomic E-state index is 0.0436. The summed E-state index contributed by atoms with van der Waals surface area (Å²) in [4.78, 5) is 31.9. The molecule has 8 nitrogen and oxygen atoms in total. The number of furan rings is 1. The van der Waals surface area contributed by atoms with E-state index in [0.29, 0.717) is 36.2 Å². The number of carbonyl (C=O) groups is 2. The molecule has 4 heterocycles. The fourth-order valence-electron chi connectivity index (χ4n) is 3.05. The van der Waals surface area contributed by atoms with Gasteiger partial charge in [-0.15, -0.1) is 0 Å². The quantitative estimate of drug-likeness (QED) is 0.742. The van der Waals surface area contributed by atoms with Crippen molar-refractivity contribution in [3.05, 3.63) is 40.7 Å². The largest absolute Gasteiger partial charge is 0.461 e. The second-order valence-electron chi connectivity index (χ2n) is 6.68. The van der Waals surface area contributed by atoms with Crippen molar-refractivity contribution >= 4 is 28.3 Å². The van der Waals surface area contributed by atoms with Gasteiger partial charge in [0.2, 0.25) is 11.7 Å². The topological polar surface area (TPSA) is 101 Å². The molecular weight excluding hydrogens is 368 g/mol. The summed E-state index contributed by atoms with van der Waals surface area (Å²) in [6.45, 7) is 1.00. The van der Waals surface area contributed by atoms with Gasteiger partial charge in [-0.1, -0.05) is 16.5 Å². The summed E-state index contributed by atoms with van der Waals surface area (Å²) in [5.74, 6) is 0.936. The normalized spacial score (nSPS) is 16.2. The Kier molecular flexibility index (Phi) is 3.82. The molecule has 2 aliphatic rings. The summed E-state index contributed by atoms with van der Waals surface area (Å²) in [5, 5.41) is 7.38. The molecular formula is C18H16N4O4S. The van der Waals surface area contributed by atoms with Gasteiger partial charge < -0.3 is 19.2 Å². The minimum atomic E-state index is -0.195. The third kappa shape index (κ3) is 3.14. The van der Waals surface area contributed by atoms with Gasteiger partial charge in [0.15, 0.2) is 16.6 Å². The number of carbonyl (C=O) groups excluding carboxylic acids is 2. The Balaban J connectivity index is 1.29. The summed E-state index contributed by atoms with van der Waals surface area (Å²) < 4.78 is 10.5. The maximum Gasteiger partial charge on any atom is 0.276 e. The molecule has 27 heavy (non-hydrogen) atoms. The van der Waals surface area contributed by atoms with E-state index < -0.39 is 0 Å². The Bertz CT molecular complexity index is 1000. The molecule has 3 aromatic rings. The number of nitrogens with zero attached hydrogens (tertiary/aromatic N) is 3. The zero-order valence-electron chi connectivity index (χ0n) is 14.3. The van der Waals surface area contributed by atoms with Crippen molar-refractivity contribution in [1.82, 2.24) is 15.0 Å². The molecule has 1 aliphatic carbocycles. The van der Waals surface area contributed by atoms with Crippen LogP contribution < -0.4 is 5.32 Å². The van der Waals surface area contributed by atoms with Crippen molar-refractivity contribution in [2.75, 3.05) is 11.9 Å². The predicted octanol–water partition coefficient (Wildman–Crippen LogP) is 2.94. The number of nitrogens with one attached hydrogen (secondary N) is 1. The van der Waals surface area contributed by atoms with Crippen LogP contribution in [-0.4, -0.2) is 33.4 Å². The molecule has 1 saturated carbocycles. The zero-order valence-corrected chi connectivity index (χ0v) is 15.1. The van der Waals surface area contributed by atoms with Gasteiger partial charge >= 0.3 is 0 Å². The zero-order chi connectivity index (χ0) is 18.4. The van der Waals surface area contributed by atoms with Crippen LogP contribution in [0, 0.1) is 5.92 Å². The molecule has 0 atom stereocenters. The molecule has 1 aliphatic heterocycles. The summed E-state index contributed by atoms with van der Waals surface area (Å²) in [6.07, 6.45) is 4.10. The van der Waals surface area contributed by atoms with Crippen molar-refractivity contribution in [2.45, 2.75) is 25.8 Å². The molecule has 0 saturated heterocycles. The van der Waals surface area contributed by atoms with E-state index in [1.54, 1.807) is 23.1 Å². The molecule has 9 heteroatoms. The predicted molar refractivity (Wildman–Crippen MR) is 96.1 cm³/mol. The Morgan fingerprint density at radius 3 is 2.96 bits per heavy atom. The number of fused-ring (bicyclic) bond motifs is 1. The van der Waals surface area contributed by atoms with E-state index in [0.717, 1.165) is 23.4 Å². The van der Waals surface area contributed by atoms with Crippen LogP contribution in [0.5, 0.6) is 0 Å². The monoisotopic (exact) mass is 384 g/mol. The number of aromatic nitrogens is 2. The highest BCUT2D eigenvalue weighted by atomic mass is 32.1. The number of amides is 2. The van der Waals surface area contributed by atoms with E-state index in [1.807, 2.05) is 0 Å². The van der Waals surface area contributed by atoms with Gasteiger partial charge in [-0.3, -0.25) is 9.59 Å². The first-order chi connectivity index (χ1) is 13.2. The maximum absolute atomic E-state index is 12.8. The summed E-state index contributed by atoms with van der Waals surface area (Å²) >= 11 is 1.43. The van der Waals surface area contributed by atoms with Gasteiger partial charge in [0.1, 0.15) is 0 Å². The van der Waals surface area contributed by atoms with Crippen LogP contribution in [-0.2, 0) is 17.8 Å². The highest BCUT2D eigenvalue weighted by Gasteiger charge is 2.31. The average molecular weight is 384 g/mol. The van der Waals surface area contributed by atoms with Gasteiger partial charge in [-0.05, 0) is 25.0 Å². The lowest BCUT2D eigenvalue weighted by atomic mass is 10.1. The van der Waals surface area contributed by atoms with Crippen LogP contribution in [0.15, 0.2) is 33.4 Å². The van der Waals surface area contributed by atoms with Crippen LogP contribution in [0.2, 0.25) is 0 Å². The molecule has 2 amide bonds. The number of anilines is 1. The van der Waals surface area contributed by atoms with E-state index in [4.69, 9.17) is 8.94 Å². The Labute approximate surface area is 158 Å². The molecule has 0 aromatic carbocycles. The van der Waals surface area contributed by atoms with Crippen molar-refractivity contribution in [2.24, 2.45) is 5.92 Å². The van der Waals surface area contributed by atoms with Gasteiger partial charge in [-0.2, -0.15) is 0 Å². The first kappa shape index (κ1) is 16.2. The van der Waals surface area contributed by atoms with Crippen LogP contribution in [0.3, 0.4) is 0 Å². The van der Waals surface area contributed by atoms with Crippen molar-refractivity contribution in [3.8, 4) is 11.5 Å². The van der Waals surface area contributed by atoms with Crippen LogP contribution in [0.1, 0.15) is 33.9 Å². The standard InChI is InChI=1S/C18H16N4O4S/c23-16(10-3-4-10)20-18-19-11-5-6-22(9-15(11)27-18)17(24)12-8-14(26-21-12)13-2-1-7-25-13/h1-2,7-8,10H,3-6,9H2,(H,19,20,23). The van der Waals surface area contributed by atoms with Crippen LogP contribution in [0.25, 0.3) is 11.5 Å². The van der Waals surface area contributed by atoms with E-state index >= 15 is 0 Å². The molecule has 5 rings (SSSR count). The Hall–Kier alpha value is -2.94. The number of hydrogen-bond donors (Lipinski definition) is 1. The first-order valence-corrected chi connectivity index (χ1v) is 9.58. The Morgan fingerprint density at radius 1 is 1.30 bits per heavy atom.